The second kappa shape index (κ2) is 8.39. The molecular weight excluding hydrogens is 374 g/mol. The average Bonchev–Trinajstić information content (AvgIpc) is 3.15. The molecule has 0 spiro atoms. The van der Waals surface area contributed by atoms with Crippen molar-refractivity contribution in [3.63, 3.8) is 0 Å². The first-order valence-corrected chi connectivity index (χ1v) is 10.2. The molecule has 1 aromatic rings. The number of carbonyl (C=O) groups is 2. The largest absolute Gasteiger partial charge is 0.467 e. The third kappa shape index (κ3) is 4.36. The van der Waals surface area contributed by atoms with Crippen molar-refractivity contribution in [2.45, 2.75) is 51.5 Å². The summed E-state index contributed by atoms with van der Waals surface area (Å²) in [5.41, 5.74) is -0.420. The Labute approximate surface area is 170 Å². The van der Waals surface area contributed by atoms with Crippen molar-refractivity contribution >= 4 is 23.3 Å². The Bertz CT molecular complexity index is 794. The molecule has 2 unspecified atom stereocenters. The Hall–Kier alpha value is -2.64. The molecule has 2 aliphatic rings. The minimum atomic E-state index is -1.04. The Morgan fingerprint density at radius 1 is 1.21 bits per heavy atom. The van der Waals surface area contributed by atoms with E-state index in [0.717, 1.165) is 32.4 Å². The minimum Gasteiger partial charge on any atom is -0.467 e. The van der Waals surface area contributed by atoms with Gasteiger partial charge in [0.2, 0.25) is 0 Å². The number of nitrogens with zero attached hydrogens (tertiary/aromatic N) is 2. The van der Waals surface area contributed by atoms with Gasteiger partial charge in [-0.05, 0) is 43.2 Å². The second-order valence-corrected chi connectivity index (χ2v) is 8.55. The molecule has 1 aliphatic carbocycles. The van der Waals surface area contributed by atoms with Crippen molar-refractivity contribution in [1.82, 2.24) is 5.32 Å². The predicted octanol–water partition coefficient (Wildman–Crippen LogP) is 3.29. The zero-order valence-electron chi connectivity index (χ0n) is 17.3. The van der Waals surface area contributed by atoms with Crippen LogP contribution in [0.25, 0.3) is 0 Å². The molecule has 0 radical (unpaired) electrons. The molecule has 1 aliphatic heterocycles. The van der Waals surface area contributed by atoms with Crippen molar-refractivity contribution in [2.24, 2.45) is 11.8 Å². The molecule has 0 bridgehead atoms. The van der Waals surface area contributed by atoms with Crippen LogP contribution in [0.5, 0.6) is 0 Å². The number of ether oxygens (including phenoxy) is 1. The lowest BCUT2D eigenvalue weighted by Gasteiger charge is -2.36. The number of nitro benzene ring substituents is 1. The fourth-order valence-electron chi connectivity index (χ4n) is 4.78. The SMILES string of the molecule is COC(=O)C1(NC(=O)c2ccc(N3CC(C)CC(C)C3)c([N+](=O)[O-])c2)CCCC1. The minimum absolute atomic E-state index is 0.0857. The molecule has 8 nitrogen and oxygen atoms in total. The normalized spacial score (nSPS) is 23.5. The van der Waals surface area contributed by atoms with Gasteiger partial charge in [-0.25, -0.2) is 4.79 Å². The monoisotopic (exact) mass is 403 g/mol. The molecule has 2 fully saturated rings. The van der Waals surface area contributed by atoms with Gasteiger partial charge in [0.15, 0.2) is 0 Å². The van der Waals surface area contributed by atoms with Gasteiger partial charge in [0, 0.05) is 24.7 Å². The van der Waals surface area contributed by atoms with Gasteiger partial charge < -0.3 is 15.0 Å². The van der Waals surface area contributed by atoms with Crippen LogP contribution in [-0.2, 0) is 9.53 Å². The molecule has 29 heavy (non-hydrogen) atoms. The summed E-state index contributed by atoms with van der Waals surface area (Å²) in [6.45, 7) is 5.79. The van der Waals surface area contributed by atoms with Crippen LogP contribution in [0.1, 0.15) is 56.3 Å². The highest BCUT2D eigenvalue weighted by Gasteiger charge is 2.44. The Morgan fingerprint density at radius 2 is 1.83 bits per heavy atom. The second-order valence-electron chi connectivity index (χ2n) is 8.55. The van der Waals surface area contributed by atoms with E-state index in [-0.39, 0.29) is 11.3 Å². The van der Waals surface area contributed by atoms with E-state index < -0.39 is 22.3 Å². The summed E-state index contributed by atoms with van der Waals surface area (Å²) in [6, 6.07) is 4.56. The first-order chi connectivity index (χ1) is 13.8. The molecular formula is C21H29N3O5. The first kappa shape index (κ1) is 21.1. The molecule has 1 N–H and O–H groups in total. The van der Waals surface area contributed by atoms with Crippen molar-refractivity contribution in [2.75, 3.05) is 25.1 Å². The number of anilines is 1. The van der Waals surface area contributed by atoms with Crippen molar-refractivity contribution in [3.8, 4) is 0 Å². The average molecular weight is 403 g/mol. The van der Waals surface area contributed by atoms with Crippen LogP contribution in [0.2, 0.25) is 0 Å². The molecule has 1 heterocycles. The molecule has 8 heteroatoms. The van der Waals surface area contributed by atoms with Crippen LogP contribution in [0, 0.1) is 22.0 Å². The van der Waals surface area contributed by atoms with Gasteiger partial charge in [-0.15, -0.1) is 0 Å². The number of piperidine rings is 1. The maximum Gasteiger partial charge on any atom is 0.331 e. The fraction of sp³-hybridized carbons (Fsp3) is 0.619. The van der Waals surface area contributed by atoms with E-state index in [2.05, 4.69) is 19.2 Å². The Balaban J connectivity index is 1.87. The summed E-state index contributed by atoms with van der Waals surface area (Å²) in [4.78, 5) is 38.4. The molecule has 2 atom stereocenters. The van der Waals surface area contributed by atoms with Crippen LogP contribution in [0.15, 0.2) is 18.2 Å². The molecule has 1 saturated carbocycles. The molecule has 3 rings (SSSR count). The van der Waals surface area contributed by atoms with E-state index in [1.54, 1.807) is 12.1 Å². The van der Waals surface area contributed by atoms with E-state index in [1.807, 2.05) is 4.90 Å². The number of hydrogen-bond acceptors (Lipinski definition) is 6. The number of benzene rings is 1. The summed E-state index contributed by atoms with van der Waals surface area (Å²) in [5.74, 6) is -0.0645. The summed E-state index contributed by atoms with van der Waals surface area (Å²) >= 11 is 0. The van der Waals surface area contributed by atoms with Crippen molar-refractivity contribution in [1.29, 1.82) is 0 Å². The van der Waals surface area contributed by atoms with E-state index in [1.165, 1.54) is 13.2 Å². The predicted molar refractivity (Wildman–Crippen MR) is 109 cm³/mol. The maximum absolute atomic E-state index is 12.8. The Morgan fingerprint density at radius 3 is 2.38 bits per heavy atom. The maximum atomic E-state index is 12.8. The molecule has 0 aromatic heterocycles. The van der Waals surface area contributed by atoms with Gasteiger partial charge in [-0.2, -0.15) is 0 Å². The summed E-state index contributed by atoms with van der Waals surface area (Å²) in [5, 5.41) is 14.5. The number of methoxy groups -OCH3 is 1. The van der Waals surface area contributed by atoms with Crippen molar-refractivity contribution in [3.05, 3.63) is 33.9 Å². The van der Waals surface area contributed by atoms with Crippen LogP contribution >= 0.6 is 0 Å². The third-order valence-corrected chi connectivity index (χ3v) is 6.03. The topological polar surface area (TPSA) is 102 Å². The highest BCUT2D eigenvalue weighted by atomic mass is 16.6. The van der Waals surface area contributed by atoms with E-state index >= 15 is 0 Å². The molecule has 1 aromatic carbocycles. The third-order valence-electron chi connectivity index (χ3n) is 6.03. The lowest BCUT2D eigenvalue weighted by Crippen LogP contribution is -2.53. The number of nitro groups is 1. The standard InChI is InChI=1S/C21H29N3O5/c1-14-10-15(2)13-23(12-14)17-7-6-16(11-18(17)24(27)28)19(25)22-21(20(26)29-3)8-4-5-9-21/h6-7,11,14-15H,4-5,8-10,12-13H2,1-3H3,(H,22,25). The molecule has 1 amide bonds. The van der Waals surface area contributed by atoms with Crippen LogP contribution in [-0.4, -0.2) is 42.5 Å². The molecule has 158 valence electrons. The first-order valence-electron chi connectivity index (χ1n) is 10.2. The van der Waals surface area contributed by atoms with Gasteiger partial charge in [-0.3, -0.25) is 14.9 Å². The van der Waals surface area contributed by atoms with Gasteiger partial charge in [0.1, 0.15) is 11.2 Å². The van der Waals surface area contributed by atoms with Gasteiger partial charge in [0.25, 0.3) is 11.6 Å². The summed E-state index contributed by atoms with van der Waals surface area (Å²) in [7, 11) is 1.30. The summed E-state index contributed by atoms with van der Waals surface area (Å²) in [6.07, 6.45) is 3.75. The number of esters is 1. The van der Waals surface area contributed by atoms with E-state index in [4.69, 9.17) is 4.74 Å². The van der Waals surface area contributed by atoms with Gasteiger partial charge >= 0.3 is 5.97 Å². The number of rotatable bonds is 5. The van der Waals surface area contributed by atoms with Crippen LogP contribution in [0.3, 0.4) is 0 Å². The van der Waals surface area contributed by atoms with E-state index in [9.17, 15) is 19.7 Å². The van der Waals surface area contributed by atoms with Crippen LogP contribution < -0.4 is 10.2 Å². The van der Waals surface area contributed by atoms with Gasteiger partial charge in [0.05, 0.1) is 12.0 Å². The zero-order valence-corrected chi connectivity index (χ0v) is 17.3. The zero-order chi connectivity index (χ0) is 21.2. The molecule has 1 saturated heterocycles. The Kier molecular flexibility index (Phi) is 6.10. The fourth-order valence-corrected chi connectivity index (χ4v) is 4.78. The van der Waals surface area contributed by atoms with Crippen LogP contribution in [0.4, 0.5) is 11.4 Å². The van der Waals surface area contributed by atoms with E-state index in [0.29, 0.717) is 30.4 Å². The highest BCUT2D eigenvalue weighted by Crippen LogP contribution is 2.35. The highest BCUT2D eigenvalue weighted by molar-refractivity contribution is 5.99. The smallest absolute Gasteiger partial charge is 0.331 e. The quantitative estimate of drug-likeness (QED) is 0.460. The lowest BCUT2D eigenvalue weighted by molar-refractivity contribution is -0.384. The number of nitrogens with one attached hydrogen (secondary N) is 1. The number of hydrogen-bond donors (Lipinski definition) is 1. The van der Waals surface area contributed by atoms with Crippen molar-refractivity contribution < 1.29 is 19.2 Å². The number of carbonyl (C=O) groups excluding carboxylic acids is 2. The van der Waals surface area contributed by atoms with Gasteiger partial charge in [-0.1, -0.05) is 26.7 Å². The number of amides is 1. The lowest BCUT2D eigenvalue weighted by atomic mass is 9.91. The summed E-state index contributed by atoms with van der Waals surface area (Å²) < 4.78 is 4.89.